The predicted octanol–water partition coefficient (Wildman–Crippen LogP) is 1.03. The number of nitrogens with one attached hydrogen (secondary N) is 1. The number of hydrogen-bond acceptors (Lipinski definition) is 3. The van der Waals surface area contributed by atoms with E-state index in [9.17, 15) is 0 Å². The van der Waals surface area contributed by atoms with Crippen LogP contribution in [-0.2, 0) is 4.74 Å². The summed E-state index contributed by atoms with van der Waals surface area (Å²) in [6, 6.07) is 0. The molecule has 1 rings (SSSR count). The van der Waals surface area contributed by atoms with Crippen LogP contribution in [0.2, 0.25) is 0 Å². The molecule has 0 aromatic carbocycles. The molecule has 1 saturated heterocycles. The highest BCUT2D eigenvalue weighted by molar-refractivity contribution is 7.80. The molecule has 1 aliphatic rings. The molecule has 0 bridgehead atoms. The van der Waals surface area contributed by atoms with Gasteiger partial charge in [-0.3, -0.25) is 0 Å². The fourth-order valence-corrected chi connectivity index (χ4v) is 1.57. The second-order valence-electron chi connectivity index (χ2n) is 3.01. The number of thiol groups is 1. The molecular weight excluding hydrogens is 146 g/mol. The molecule has 3 heteroatoms. The van der Waals surface area contributed by atoms with Crippen molar-refractivity contribution in [2.75, 3.05) is 19.1 Å². The quantitative estimate of drug-likeness (QED) is 0.466. The summed E-state index contributed by atoms with van der Waals surface area (Å²) >= 11 is 4.13. The van der Waals surface area contributed by atoms with E-state index in [1.165, 1.54) is 0 Å². The van der Waals surface area contributed by atoms with Gasteiger partial charge >= 0.3 is 0 Å². The maximum Gasteiger partial charge on any atom is 0.0483 e. The van der Waals surface area contributed by atoms with Crippen molar-refractivity contribution in [2.24, 2.45) is 0 Å². The lowest BCUT2D eigenvalue weighted by atomic mass is 9.93. The molecular formula is C7H15NOS. The van der Waals surface area contributed by atoms with Crippen LogP contribution in [0.3, 0.4) is 0 Å². The zero-order valence-corrected chi connectivity index (χ0v) is 7.29. The Morgan fingerprint density at radius 3 is 2.60 bits per heavy atom. The lowest BCUT2D eigenvalue weighted by molar-refractivity contribution is 0.0477. The number of hydrogen-bond donors (Lipinski definition) is 2. The van der Waals surface area contributed by atoms with Gasteiger partial charge < -0.3 is 10.1 Å². The Labute approximate surface area is 67.7 Å². The highest BCUT2D eigenvalue weighted by Gasteiger charge is 2.25. The average molecular weight is 161 g/mol. The average Bonchev–Trinajstić information content (AvgIpc) is 1.89. The molecule has 1 fully saturated rings. The highest BCUT2D eigenvalue weighted by atomic mass is 32.1. The van der Waals surface area contributed by atoms with E-state index < -0.39 is 0 Å². The first-order valence-corrected chi connectivity index (χ1v) is 4.34. The van der Waals surface area contributed by atoms with Crippen molar-refractivity contribution >= 4 is 12.6 Å². The van der Waals surface area contributed by atoms with Gasteiger partial charge in [0.05, 0.1) is 0 Å². The fraction of sp³-hybridized carbons (Fsp3) is 1.00. The minimum absolute atomic E-state index is 0.278. The molecule has 0 aromatic rings. The molecule has 1 N–H and O–H groups in total. The number of ether oxygens (including phenoxy) is 1. The highest BCUT2D eigenvalue weighted by Crippen LogP contribution is 2.19. The third-order valence-corrected chi connectivity index (χ3v) is 2.26. The predicted molar refractivity (Wildman–Crippen MR) is 45.4 cm³/mol. The van der Waals surface area contributed by atoms with Gasteiger partial charge in [0.15, 0.2) is 0 Å². The smallest absolute Gasteiger partial charge is 0.0483 e. The molecule has 2 nitrogen and oxygen atoms in total. The second-order valence-corrected chi connectivity index (χ2v) is 3.32. The monoisotopic (exact) mass is 161 g/mol. The van der Waals surface area contributed by atoms with Crippen molar-refractivity contribution in [1.82, 2.24) is 5.32 Å². The van der Waals surface area contributed by atoms with Crippen LogP contribution < -0.4 is 5.32 Å². The van der Waals surface area contributed by atoms with Gasteiger partial charge in [-0.2, -0.15) is 12.6 Å². The Bertz CT molecular complexity index is 96.3. The van der Waals surface area contributed by atoms with Crippen molar-refractivity contribution in [3.8, 4) is 0 Å². The molecule has 0 amide bonds. The van der Waals surface area contributed by atoms with Crippen LogP contribution in [0.5, 0.6) is 0 Å². The van der Waals surface area contributed by atoms with Gasteiger partial charge in [-0.05, 0) is 19.8 Å². The van der Waals surface area contributed by atoms with Gasteiger partial charge in [0.1, 0.15) is 0 Å². The first kappa shape index (κ1) is 8.37. The molecule has 0 radical (unpaired) electrons. The topological polar surface area (TPSA) is 21.3 Å². The van der Waals surface area contributed by atoms with Crippen molar-refractivity contribution in [1.29, 1.82) is 0 Å². The Kier molecular flexibility index (Phi) is 3.01. The molecule has 0 aromatic heterocycles. The van der Waals surface area contributed by atoms with Crippen LogP contribution in [0.25, 0.3) is 0 Å². The van der Waals surface area contributed by atoms with E-state index in [-0.39, 0.29) is 5.54 Å². The zero-order chi connectivity index (χ0) is 7.45. The Morgan fingerprint density at radius 2 is 2.10 bits per heavy atom. The first-order chi connectivity index (χ1) is 4.77. The van der Waals surface area contributed by atoms with E-state index >= 15 is 0 Å². The number of rotatable bonds is 2. The molecule has 0 unspecified atom stereocenters. The van der Waals surface area contributed by atoms with E-state index in [4.69, 9.17) is 4.74 Å². The first-order valence-electron chi connectivity index (χ1n) is 3.70. The van der Waals surface area contributed by atoms with E-state index in [1.807, 2.05) is 0 Å². The summed E-state index contributed by atoms with van der Waals surface area (Å²) in [6.45, 7) is 4.00. The molecule has 10 heavy (non-hydrogen) atoms. The lowest BCUT2D eigenvalue weighted by Gasteiger charge is -2.33. The summed E-state index contributed by atoms with van der Waals surface area (Å²) < 4.78 is 5.25. The van der Waals surface area contributed by atoms with E-state index in [0.29, 0.717) is 0 Å². The minimum atomic E-state index is 0.278. The van der Waals surface area contributed by atoms with Crippen LogP contribution in [-0.4, -0.2) is 24.6 Å². The third-order valence-electron chi connectivity index (χ3n) is 2.10. The van der Waals surface area contributed by atoms with Gasteiger partial charge in [0.25, 0.3) is 0 Å². The third kappa shape index (κ3) is 2.15. The van der Waals surface area contributed by atoms with Crippen LogP contribution in [0.1, 0.15) is 19.8 Å². The van der Waals surface area contributed by atoms with Crippen LogP contribution in [0.4, 0.5) is 0 Å². The van der Waals surface area contributed by atoms with Gasteiger partial charge in [-0.25, -0.2) is 0 Å². The molecule has 0 aliphatic carbocycles. The summed E-state index contributed by atoms with van der Waals surface area (Å²) in [5.41, 5.74) is 0.278. The van der Waals surface area contributed by atoms with Crippen LogP contribution in [0.15, 0.2) is 0 Å². The molecule has 0 spiro atoms. The van der Waals surface area contributed by atoms with Crippen molar-refractivity contribution in [2.45, 2.75) is 25.3 Å². The van der Waals surface area contributed by atoms with Gasteiger partial charge in [0, 0.05) is 24.6 Å². The van der Waals surface area contributed by atoms with Crippen LogP contribution in [0, 0.1) is 0 Å². The van der Waals surface area contributed by atoms with E-state index in [2.05, 4.69) is 24.9 Å². The van der Waals surface area contributed by atoms with Gasteiger partial charge in [-0.1, -0.05) is 0 Å². The second kappa shape index (κ2) is 3.60. The van der Waals surface area contributed by atoms with Crippen molar-refractivity contribution in [3.63, 3.8) is 0 Å². The minimum Gasteiger partial charge on any atom is -0.381 e. The fourth-order valence-electron chi connectivity index (χ4n) is 1.19. The summed E-state index contributed by atoms with van der Waals surface area (Å²) in [7, 11) is 0. The summed E-state index contributed by atoms with van der Waals surface area (Å²) in [5.74, 6) is 0.760. The zero-order valence-electron chi connectivity index (χ0n) is 6.39. The normalized spacial score (nSPS) is 24.6. The Balaban J connectivity index is 2.32. The van der Waals surface area contributed by atoms with Crippen LogP contribution >= 0.6 is 12.6 Å². The van der Waals surface area contributed by atoms with Crippen molar-refractivity contribution < 1.29 is 4.74 Å². The molecule has 60 valence electrons. The summed E-state index contributed by atoms with van der Waals surface area (Å²) in [6.07, 6.45) is 2.21. The molecule has 1 aliphatic heterocycles. The summed E-state index contributed by atoms with van der Waals surface area (Å²) in [5, 5.41) is 3.35. The standard InChI is InChI=1S/C7H15NOS/c1-7(8-6-10)2-4-9-5-3-7/h8,10H,2-6H2,1H3. The lowest BCUT2D eigenvalue weighted by Crippen LogP contribution is -2.46. The van der Waals surface area contributed by atoms with E-state index in [0.717, 1.165) is 31.9 Å². The molecule has 0 saturated carbocycles. The van der Waals surface area contributed by atoms with Gasteiger partial charge in [-0.15, -0.1) is 0 Å². The Hall–Kier alpha value is 0.270. The molecule has 1 heterocycles. The Morgan fingerprint density at radius 1 is 1.50 bits per heavy atom. The maximum absolute atomic E-state index is 5.25. The summed E-state index contributed by atoms with van der Waals surface area (Å²) in [4.78, 5) is 0. The maximum atomic E-state index is 5.25. The van der Waals surface area contributed by atoms with Crippen molar-refractivity contribution in [3.05, 3.63) is 0 Å². The largest absolute Gasteiger partial charge is 0.381 e. The van der Waals surface area contributed by atoms with Gasteiger partial charge in [0.2, 0.25) is 0 Å². The van der Waals surface area contributed by atoms with E-state index in [1.54, 1.807) is 0 Å². The molecule has 0 atom stereocenters. The SMILES string of the molecule is CC1(NCS)CCOCC1.